The number of carbonyl (C=O) groups is 1. The highest BCUT2D eigenvalue weighted by molar-refractivity contribution is 7.10. The second-order valence-corrected chi connectivity index (χ2v) is 10.0. The average molecular weight is 499 g/mol. The van der Waals surface area contributed by atoms with Crippen LogP contribution in [0, 0.1) is 0 Å². The number of halogens is 1. The van der Waals surface area contributed by atoms with Gasteiger partial charge in [0.15, 0.2) is 17.4 Å². The van der Waals surface area contributed by atoms with Crippen LogP contribution in [0.1, 0.15) is 41.9 Å². The largest absolute Gasteiger partial charge is 0.482 e. The summed E-state index contributed by atoms with van der Waals surface area (Å²) >= 11 is 6.93. The van der Waals surface area contributed by atoms with E-state index < -0.39 is 0 Å². The molecule has 0 atom stereocenters. The minimum atomic E-state index is 0.0975. The number of carbonyl (C=O) groups excluding carboxylic acids is 1. The van der Waals surface area contributed by atoms with Gasteiger partial charge in [-0.15, -0.1) is 0 Å². The molecule has 2 saturated heterocycles. The van der Waals surface area contributed by atoms with Crippen LogP contribution in [0.2, 0.25) is 4.47 Å². The molecule has 1 amide bonds. The number of ether oxygens (including phenoxy) is 1. The van der Waals surface area contributed by atoms with Crippen molar-refractivity contribution in [3.63, 3.8) is 0 Å². The highest BCUT2D eigenvalue weighted by Crippen LogP contribution is 2.29. The first-order valence-corrected chi connectivity index (χ1v) is 12.7. The summed E-state index contributed by atoms with van der Waals surface area (Å²) < 4.78 is 10.2. The van der Waals surface area contributed by atoms with Crippen molar-refractivity contribution in [1.82, 2.24) is 24.1 Å². The van der Waals surface area contributed by atoms with Crippen molar-refractivity contribution in [3.05, 3.63) is 52.4 Å². The van der Waals surface area contributed by atoms with Crippen LogP contribution in [-0.4, -0.2) is 62.3 Å². The summed E-state index contributed by atoms with van der Waals surface area (Å²) in [5.41, 5.74) is 8.46. The topological polar surface area (TPSA) is 97.5 Å². The van der Waals surface area contributed by atoms with Crippen molar-refractivity contribution < 1.29 is 9.53 Å². The van der Waals surface area contributed by atoms with E-state index in [1.807, 2.05) is 35.2 Å². The molecule has 4 heterocycles. The Morgan fingerprint density at radius 1 is 1.12 bits per heavy atom. The number of nitrogens with zero attached hydrogens (tertiary/aromatic N) is 5. The van der Waals surface area contributed by atoms with E-state index in [0.29, 0.717) is 27.6 Å². The molecule has 3 aromatic rings. The van der Waals surface area contributed by atoms with Crippen LogP contribution in [0.25, 0.3) is 11.1 Å². The molecule has 178 valence electrons. The molecular formula is C24H27ClN6O2S. The summed E-state index contributed by atoms with van der Waals surface area (Å²) in [6.07, 6.45) is 6.43. The van der Waals surface area contributed by atoms with Crippen LogP contribution in [0.15, 0.2) is 36.5 Å². The molecular weight excluding hydrogens is 472 g/mol. The Hall–Kier alpha value is -2.75. The first kappa shape index (κ1) is 23.0. The predicted molar refractivity (Wildman–Crippen MR) is 133 cm³/mol. The lowest BCUT2D eigenvalue weighted by molar-refractivity contribution is 0.0644. The molecule has 0 radical (unpaired) electrons. The number of hydrogen-bond acceptors (Lipinski definition) is 8. The Morgan fingerprint density at radius 2 is 1.85 bits per heavy atom. The van der Waals surface area contributed by atoms with Crippen LogP contribution in [-0.2, 0) is 6.61 Å². The number of nitrogen functional groups attached to an aromatic ring is 1. The number of aromatic nitrogens is 3. The number of hydrogen-bond donors (Lipinski definition) is 1. The molecule has 2 aromatic heterocycles. The molecule has 0 aliphatic carbocycles. The summed E-state index contributed by atoms with van der Waals surface area (Å²) in [6, 6.07) is 10.1. The standard InChI is InChI=1S/C24H27ClN6O2S/c25-24-28-21(29-34-24)15-33-20-13-18(14-27-22(20)26)16-3-5-17(6-4-16)23(32)31-11-7-19(8-12-31)30-9-1-2-10-30/h3-6,13-14,19H,1-2,7-12,15H2,(H2,26,27). The van der Waals surface area contributed by atoms with Crippen molar-refractivity contribution in [1.29, 1.82) is 0 Å². The molecule has 10 heteroatoms. The minimum Gasteiger partial charge on any atom is -0.482 e. The Bertz CT molecular complexity index is 1140. The predicted octanol–water partition coefficient (Wildman–Crippen LogP) is 4.12. The van der Waals surface area contributed by atoms with Crippen LogP contribution >= 0.6 is 23.1 Å². The lowest BCUT2D eigenvalue weighted by Gasteiger charge is -2.36. The maximum atomic E-state index is 13.0. The van der Waals surface area contributed by atoms with E-state index in [4.69, 9.17) is 22.1 Å². The van der Waals surface area contributed by atoms with Crippen molar-refractivity contribution in [3.8, 4) is 16.9 Å². The third-order valence-corrected chi connectivity index (χ3v) is 7.39. The zero-order valence-corrected chi connectivity index (χ0v) is 20.4. The summed E-state index contributed by atoms with van der Waals surface area (Å²) in [4.78, 5) is 25.9. The van der Waals surface area contributed by atoms with E-state index in [-0.39, 0.29) is 18.3 Å². The van der Waals surface area contributed by atoms with E-state index in [1.54, 1.807) is 6.20 Å². The van der Waals surface area contributed by atoms with Crippen LogP contribution in [0.4, 0.5) is 5.82 Å². The van der Waals surface area contributed by atoms with E-state index in [9.17, 15) is 4.79 Å². The molecule has 0 bridgehead atoms. The number of anilines is 1. The Morgan fingerprint density at radius 3 is 2.53 bits per heavy atom. The van der Waals surface area contributed by atoms with Crippen molar-refractivity contribution >= 4 is 34.9 Å². The lowest BCUT2D eigenvalue weighted by Crippen LogP contribution is -2.45. The van der Waals surface area contributed by atoms with Gasteiger partial charge in [0, 0.05) is 36.5 Å². The molecule has 1 aromatic carbocycles. The zero-order chi connectivity index (χ0) is 23.5. The first-order chi connectivity index (χ1) is 16.6. The number of rotatable bonds is 6. The van der Waals surface area contributed by atoms with Crippen LogP contribution in [0.5, 0.6) is 5.75 Å². The summed E-state index contributed by atoms with van der Waals surface area (Å²) in [7, 11) is 0. The van der Waals surface area contributed by atoms with Crippen molar-refractivity contribution in [2.24, 2.45) is 0 Å². The first-order valence-electron chi connectivity index (χ1n) is 11.6. The van der Waals surface area contributed by atoms with Gasteiger partial charge in [0.1, 0.15) is 6.61 Å². The van der Waals surface area contributed by atoms with Gasteiger partial charge in [0.2, 0.25) is 4.47 Å². The number of piperidine rings is 1. The van der Waals surface area contributed by atoms with E-state index in [0.717, 1.165) is 48.6 Å². The van der Waals surface area contributed by atoms with E-state index >= 15 is 0 Å². The van der Waals surface area contributed by atoms with Gasteiger partial charge in [0.25, 0.3) is 5.91 Å². The second kappa shape index (κ2) is 10.2. The molecule has 5 rings (SSSR count). The van der Waals surface area contributed by atoms with E-state index in [2.05, 4.69) is 19.2 Å². The summed E-state index contributed by atoms with van der Waals surface area (Å²) in [6.45, 7) is 4.22. The molecule has 8 nitrogen and oxygen atoms in total. The maximum Gasteiger partial charge on any atom is 0.253 e. The SMILES string of the molecule is Nc1ncc(-c2ccc(C(=O)N3CCC(N4CCCC4)CC3)cc2)cc1OCc1nsc(Cl)n1. The lowest BCUT2D eigenvalue weighted by atomic mass is 10.0. The molecule has 0 spiro atoms. The molecule has 2 fully saturated rings. The fourth-order valence-corrected chi connectivity index (χ4v) is 5.31. The van der Waals surface area contributed by atoms with Crippen LogP contribution in [0.3, 0.4) is 0 Å². The van der Waals surface area contributed by atoms with Gasteiger partial charge in [-0.3, -0.25) is 4.79 Å². The van der Waals surface area contributed by atoms with Gasteiger partial charge < -0.3 is 20.3 Å². The number of benzene rings is 1. The third-order valence-electron chi connectivity index (χ3n) is 6.56. The molecule has 0 unspecified atom stereocenters. The van der Waals surface area contributed by atoms with Crippen molar-refractivity contribution in [2.75, 3.05) is 31.9 Å². The van der Waals surface area contributed by atoms with Gasteiger partial charge >= 0.3 is 0 Å². The van der Waals surface area contributed by atoms with Gasteiger partial charge in [-0.1, -0.05) is 12.1 Å². The van der Waals surface area contributed by atoms with Gasteiger partial charge in [0.05, 0.1) is 0 Å². The second-order valence-electron chi connectivity index (χ2n) is 8.70. The van der Waals surface area contributed by atoms with Crippen LogP contribution < -0.4 is 10.5 Å². The molecule has 2 aliphatic heterocycles. The van der Waals surface area contributed by atoms with Gasteiger partial charge in [-0.25, -0.2) is 9.97 Å². The minimum absolute atomic E-state index is 0.0975. The fraction of sp³-hybridized carbons (Fsp3) is 0.417. The average Bonchev–Trinajstić information content (AvgIpc) is 3.55. The number of nitrogens with two attached hydrogens (primary N) is 1. The number of pyridine rings is 1. The summed E-state index contributed by atoms with van der Waals surface area (Å²) in [5.74, 6) is 1.33. The molecule has 0 saturated carbocycles. The third kappa shape index (κ3) is 5.16. The number of likely N-dealkylation sites (tertiary alicyclic amines) is 2. The monoisotopic (exact) mass is 498 g/mol. The Balaban J connectivity index is 1.22. The van der Waals surface area contributed by atoms with Gasteiger partial charge in [-0.2, -0.15) is 4.37 Å². The van der Waals surface area contributed by atoms with E-state index in [1.165, 1.54) is 25.9 Å². The summed E-state index contributed by atoms with van der Waals surface area (Å²) in [5, 5.41) is 0. The highest BCUT2D eigenvalue weighted by Gasteiger charge is 2.28. The fourth-order valence-electron chi connectivity index (χ4n) is 4.69. The zero-order valence-electron chi connectivity index (χ0n) is 18.8. The maximum absolute atomic E-state index is 13.0. The Labute approximate surface area is 207 Å². The molecule has 2 N–H and O–H groups in total. The molecule has 2 aliphatic rings. The normalized spacial score (nSPS) is 17.3. The molecule has 34 heavy (non-hydrogen) atoms. The highest BCUT2D eigenvalue weighted by atomic mass is 35.5. The van der Waals surface area contributed by atoms with Gasteiger partial charge in [-0.05, 0) is 85.7 Å². The Kier molecular flexibility index (Phi) is 6.94. The quantitative estimate of drug-likeness (QED) is 0.546. The smallest absolute Gasteiger partial charge is 0.253 e. The number of amides is 1. The van der Waals surface area contributed by atoms with Crippen molar-refractivity contribution in [2.45, 2.75) is 38.3 Å².